The van der Waals surface area contributed by atoms with Crippen molar-refractivity contribution in [1.29, 1.82) is 0 Å². The number of benzene rings is 1. The number of rotatable bonds is 4. The molecule has 17 heavy (non-hydrogen) atoms. The smallest absolute Gasteiger partial charge is 0.165 e. The number of hydrogen-bond donors (Lipinski definition) is 2. The van der Waals surface area contributed by atoms with E-state index in [2.05, 4.69) is 22.5 Å². The van der Waals surface area contributed by atoms with Crippen molar-refractivity contribution in [3.05, 3.63) is 42.0 Å². The minimum absolute atomic E-state index is 0.659. The zero-order valence-electron chi connectivity index (χ0n) is 9.85. The summed E-state index contributed by atoms with van der Waals surface area (Å²) in [6.45, 7) is 2.13. The summed E-state index contributed by atoms with van der Waals surface area (Å²) in [5.41, 5.74) is 5.64. The molecule has 2 aromatic rings. The monoisotopic (exact) mass is 228 g/mol. The Hall–Kier alpha value is -1.94. The van der Waals surface area contributed by atoms with Crippen LogP contribution in [0.15, 0.2) is 36.4 Å². The van der Waals surface area contributed by atoms with E-state index in [1.54, 1.807) is 0 Å². The third kappa shape index (κ3) is 2.60. The van der Waals surface area contributed by atoms with Gasteiger partial charge in [-0.1, -0.05) is 43.7 Å². The Labute approximate surface area is 101 Å². The van der Waals surface area contributed by atoms with E-state index >= 15 is 0 Å². The summed E-state index contributed by atoms with van der Waals surface area (Å²) in [5.74, 6) is 6.08. The van der Waals surface area contributed by atoms with Crippen molar-refractivity contribution in [2.24, 2.45) is 5.84 Å². The quantitative estimate of drug-likeness (QED) is 0.623. The largest absolute Gasteiger partial charge is 0.307 e. The Balaban J connectivity index is 2.40. The third-order valence-corrected chi connectivity index (χ3v) is 2.60. The molecule has 0 radical (unpaired) electrons. The van der Waals surface area contributed by atoms with Crippen LogP contribution in [0.3, 0.4) is 0 Å². The number of nitrogens with two attached hydrogens (primary N) is 1. The zero-order valence-corrected chi connectivity index (χ0v) is 9.85. The Morgan fingerprint density at radius 2 is 1.94 bits per heavy atom. The van der Waals surface area contributed by atoms with Gasteiger partial charge in [0.2, 0.25) is 0 Å². The molecule has 0 unspecified atom stereocenters. The molecule has 0 aliphatic rings. The van der Waals surface area contributed by atoms with Gasteiger partial charge >= 0.3 is 0 Å². The molecular weight excluding hydrogens is 212 g/mol. The summed E-state index contributed by atoms with van der Waals surface area (Å²) in [6, 6.07) is 12.1. The van der Waals surface area contributed by atoms with Gasteiger partial charge in [0, 0.05) is 5.56 Å². The molecule has 0 spiro atoms. The van der Waals surface area contributed by atoms with Gasteiger partial charge in [0.25, 0.3) is 0 Å². The Morgan fingerprint density at radius 3 is 2.59 bits per heavy atom. The second kappa shape index (κ2) is 5.41. The Bertz CT molecular complexity index is 482. The van der Waals surface area contributed by atoms with E-state index in [9.17, 15) is 0 Å². The molecule has 0 atom stereocenters. The number of nitrogens with zero attached hydrogens (tertiary/aromatic N) is 2. The highest BCUT2D eigenvalue weighted by atomic mass is 15.3. The number of nitrogens with one attached hydrogen (secondary N) is 1. The zero-order chi connectivity index (χ0) is 12.1. The van der Waals surface area contributed by atoms with E-state index in [0.29, 0.717) is 5.82 Å². The molecule has 0 aliphatic carbocycles. The van der Waals surface area contributed by atoms with Crippen LogP contribution in [0.25, 0.3) is 11.3 Å². The summed E-state index contributed by atoms with van der Waals surface area (Å²) in [5, 5.41) is 8.28. The van der Waals surface area contributed by atoms with Crippen LogP contribution in [0.2, 0.25) is 0 Å². The van der Waals surface area contributed by atoms with Gasteiger partial charge in [0.1, 0.15) is 0 Å². The molecule has 4 nitrogen and oxygen atoms in total. The number of hydrazine groups is 1. The van der Waals surface area contributed by atoms with Crippen LogP contribution in [0, 0.1) is 0 Å². The highest BCUT2D eigenvalue weighted by Gasteiger charge is 2.06. The van der Waals surface area contributed by atoms with Crippen molar-refractivity contribution in [2.75, 3.05) is 5.43 Å². The summed E-state index contributed by atoms with van der Waals surface area (Å²) in [7, 11) is 0. The van der Waals surface area contributed by atoms with Gasteiger partial charge in [0.05, 0.1) is 5.69 Å². The first-order chi connectivity index (χ1) is 8.35. The van der Waals surface area contributed by atoms with Gasteiger partial charge in [-0.25, -0.2) is 5.84 Å². The lowest BCUT2D eigenvalue weighted by Gasteiger charge is -2.08. The maximum Gasteiger partial charge on any atom is 0.165 e. The van der Waals surface area contributed by atoms with Gasteiger partial charge in [-0.2, -0.15) is 0 Å². The molecule has 88 valence electrons. The maximum absolute atomic E-state index is 5.42. The lowest BCUT2D eigenvalue weighted by Crippen LogP contribution is -2.12. The summed E-state index contributed by atoms with van der Waals surface area (Å²) in [6.07, 6.45) is 1.99. The average molecular weight is 228 g/mol. The molecule has 0 aliphatic heterocycles. The Morgan fingerprint density at radius 1 is 1.18 bits per heavy atom. The van der Waals surface area contributed by atoms with Gasteiger partial charge in [-0.15, -0.1) is 10.2 Å². The van der Waals surface area contributed by atoms with Crippen LogP contribution in [-0.4, -0.2) is 10.2 Å². The van der Waals surface area contributed by atoms with Crippen LogP contribution < -0.4 is 11.3 Å². The lowest BCUT2D eigenvalue weighted by molar-refractivity contribution is 0.894. The molecule has 0 saturated carbocycles. The summed E-state index contributed by atoms with van der Waals surface area (Å²) < 4.78 is 0. The Kier molecular flexibility index (Phi) is 3.67. The molecule has 1 aromatic carbocycles. The standard InChI is InChI=1S/C13H16N4/c1-2-6-11-9-12(16-17-13(11)15-14)10-7-4-3-5-8-10/h3-5,7-9H,2,6,14H2,1H3,(H,15,17). The van der Waals surface area contributed by atoms with Crippen LogP contribution >= 0.6 is 0 Å². The van der Waals surface area contributed by atoms with E-state index in [1.165, 1.54) is 0 Å². The molecule has 0 fully saturated rings. The topological polar surface area (TPSA) is 63.8 Å². The van der Waals surface area contributed by atoms with E-state index in [1.807, 2.05) is 36.4 Å². The first kappa shape index (κ1) is 11.5. The number of aryl methyl sites for hydroxylation is 1. The van der Waals surface area contributed by atoms with Gasteiger partial charge in [-0.3, -0.25) is 0 Å². The van der Waals surface area contributed by atoms with Crippen molar-refractivity contribution in [1.82, 2.24) is 10.2 Å². The van der Waals surface area contributed by atoms with Crippen molar-refractivity contribution in [2.45, 2.75) is 19.8 Å². The highest BCUT2D eigenvalue weighted by Crippen LogP contribution is 2.21. The molecule has 3 N–H and O–H groups in total. The fourth-order valence-electron chi connectivity index (χ4n) is 1.76. The predicted molar refractivity (Wildman–Crippen MR) is 69.3 cm³/mol. The molecule has 1 heterocycles. The van der Waals surface area contributed by atoms with Gasteiger partial charge in [0.15, 0.2) is 5.82 Å². The highest BCUT2D eigenvalue weighted by molar-refractivity contribution is 5.61. The second-order valence-electron chi connectivity index (χ2n) is 3.86. The average Bonchev–Trinajstić information content (AvgIpc) is 2.40. The molecule has 0 saturated heterocycles. The van der Waals surface area contributed by atoms with E-state index < -0.39 is 0 Å². The van der Waals surface area contributed by atoms with Gasteiger partial charge < -0.3 is 5.43 Å². The van der Waals surface area contributed by atoms with Crippen LogP contribution in [0.5, 0.6) is 0 Å². The minimum Gasteiger partial charge on any atom is -0.307 e. The maximum atomic E-state index is 5.42. The summed E-state index contributed by atoms with van der Waals surface area (Å²) in [4.78, 5) is 0. The first-order valence-electron chi connectivity index (χ1n) is 5.73. The molecule has 2 rings (SSSR count). The second-order valence-corrected chi connectivity index (χ2v) is 3.86. The fourth-order valence-corrected chi connectivity index (χ4v) is 1.76. The van der Waals surface area contributed by atoms with Crippen molar-refractivity contribution in [3.8, 4) is 11.3 Å². The lowest BCUT2D eigenvalue weighted by atomic mass is 10.1. The number of aromatic nitrogens is 2. The fraction of sp³-hybridized carbons (Fsp3) is 0.231. The number of hydrogen-bond acceptors (Lipinski definition) is 4. The van der Waals surface area contributed by atoms with Crippen molar-refractivity contribution in [3.63, 3.8) is 0 Å². The predicted octanol–water partition coefficient (Wildman–Crippen LogP) is 2.38. The first-order valence-corrected chi connectivity index (χ1v) is 5.73. The molecule has 1 aromatic heterocycles. The van der Waals surface area contributed by atoms with Crippen molar-refractivity contribution < 1.29 is 0 Å². The van der Waals surface area contributed by atoms with Gasteiger partial charge in [-0.05, 0) is 18.1 Å². The number of anilines is 1. The molecular formula is C13H16N4. The van der Waals surface area contributed by atoms with E-state index in [0.717, 1.165) is 29.7 Å². The summed E-state index contributed by atoms with van der Waals surface area (Å²) >= 11 is 0. The SMILES string of the molecule is CCCc1cc(-c2ccccc2)nnc1NN. The van der Waals surface area contributed by atoms with Crippen LogP contribution in [0.1, 0.15) is 18.9 Å². The van der Waals surface area contributed by atoms with E-state index in [4.69, 9.17) is 5.84 Å². The molecule has 0 amide bonds. The van der Waals surface area contributed by atoms with E-state index in [-0.39, 0.29) is 0 Å². The molecule has 0 bridgehead atoms. The van der Waals surface area contributed by atoms with Crippen LogP contribution in [0.4, 0.5) is 5.82 Å². The molecule has 4 heteroatoms. The minimum atomic E-state index is 0.659. The van der Waals surface area contributed by atoms with Crippen LogP contribution in [-0.2, 0) is 6.42 Å². The third-order valence-electron chi connectivity index (χ3n) is 2.60. The number of nitrogen functional groups attached to an aromatic ring is 1. The van der Waals surface area contributed by atoms with Crippen molar-refractivity contribution >= 4 is 5.82 Å². The normalized spacial score (nSPS) is 10.2.